The monoisotopic (exact) mass is 372 g/mol. The van der Waals surface area contributed by atoms with Gasteiger partial charge >= 0.3 is 0 Å². The quantitative estimate of drug-likeness (QED) is 0.444. The van der Waals surface area contributed by atoms with Crippen molar-refractivity contribution in [2.75, 3.05) is 0 Å². The van der Waals surface area contributed by atoms with Gasteiger partial charge in [0.25, 0.3) is 0 Å². The van der Waals surface area contributed by atoms with E-state index >= 15 is 0 Å². The lowest BCUT2D eigenvalue weighted by Crippen LogP contribution is -1.98. The highest BCUT2D eigenvalue weighted by atomic mass is 19.1. The zero-order valence-corrected chi connectivity index (χ0v) is 15.0. The molecule has 0 aliphatic rings. The minimum absolute atomic E-state index is 0.120. The number of carbonyl (C=O) groups is 1. The lowest BCUT2D eigenvalue weighted by Gasteiger charge is -2.08. The molecule has 0 fully saturated rings. The summed E-state index contributed by atoms with van der Waals surface area (Å²) in [4.78, 5) is 11.6. The van der Waals surface area contributed by atoms with Gasteiger partial charge in [-0.1, -0.05) is 48.5 Å². The molecule has 0 atom stereocenters. The number of carbonyl (C=O) groups excluding carboxylic acids is 1. The Morgan fingerprint density at radius 3 is 2.54 bits per heavy atom. The van der Waals surface area contributed by atoms with Crippen LogP contribution in [0.15, 0.2) is 85.1 Å². The Morgan fingerprint density at radius 2 is 1.75 bits per heavy atom. The highest BCUT2D eigenvalue weighted by molar-refractivity contribution is 5.85. The molecule has 5 heteroatoms. The Hall–Kier alpha value is -3.73. The third-order valence-electron chi connectivity index (χ3n) is 4.35. The number of para-hydroxylation sites is 1. The fourth-order valence-electron chi connectivity index (χ4n) is 2.92. The first-order valence-corrected chi connectivity index (χ1v) is 8.81. The molecule has 28 heavy (non-hydrogen) atoms. The van der Waals surface area contributed by atoms with Gasteiger partial charge < -0.3 is 4.74 Å². The topological polar surface area (TPSA) is 44.1 Å². The largest absolute Gasteiger partial charge is 0.489 e. The Labute approximate surface area is 161 Å². The summed E-state index contributed by atoms with van der Waals surface area (Å²) in [5.74, 6) is 0.273. The lowest BCUT2D eigenvalue weighted by molar-refractivity contribution is 0.112. The molecule has 4 nitrogen and oxygen atoms in total. The Balaban J connectivity index is 1.61. The van der Waals surface area contributed by atoms with Gasteiger partial charge in [0, 0.05) is 17.3 Å². The third-order valence-corrected chi connectivity index (χ3v) is 4.35. The number of benzene rings is 3. The van der Waals surface area contributed by atoms with E-state index in [1.165, 1.54) is 6.07 Å². The smallest absolute Gasteiger partial charge is 0.153 e. The zero-order chi connectivity index (χ0) is 19.3. The number of nitrogens with zero attached hydrogens (tertiary/aromatic N) is 2. The zero-order valence-electron chi connectivity index (χ0n) is 15.0. The number of halogens is 1. The average molecular weight is 372 g/mol. The fraction of sp³-hybridized carbons (Fsp3) is 0.0435. The second-order valence-corrected chi connectivity index (χ2v) is 6.24. The molecule has 0 spiro atoms. The van der Waals surface area contributed by atoms with Gasteiger partial charge in [-0.15, -0.1) is 0 Å². The van der Waals surface area contributed by atoms with Gasteiger partial charge in [-0.25, -0.2) is 9.07 Å². The standard InChI is InChI=1S/C23H17FN2O2/c24-22-12-5-4-7-18(22)16-28-21-11-6-8-17(13-21)23-19(15-27)14-26(25-23)20-9-2-1-3-10-20/h1-15H,16H2. The molecule has 0 aliphatic carbocycles. The highest BCUT2D eigenvalue weighted by Gasteiger charge is 2.13. The number of hydrogen-bond donors (Lipinski definition) is 0. The van der Waals surface area contributed by atoms with Crippen LogP contribution in [-0.2, 0) is 6.61 Å². The summed E-state index contributed by atoms with van der Waals surface area (Å²) in [5.41, 5.74) is 3.15. The van der Waals surface area contributed by atoms with Crippen molar-refractivity contribution in [3.63, 3.8) is 0 Å². The van der Waals surface area contributed by atoms with Crippen LogP contribution in [0, 0.1) is 5.82 Å². The Morgan fingerprint density at radius 1 is 0.964 bits per heavy atom. The summed E-state index contributed by atoms with van der Waals surface area (Å²) >= 11 is 0. The van der Waals surface area contributed by atoms with Gasteiger partial charge in [-0.2, -0.15) is 5.10 Å². The van der Waals surface area contributed by atoms with Crippen LogP contribution in [0.25, 0.3) is 16.9 Å². The lowest BCUT2D eigenvalue weighted by atomic mass is 10.1. The highest BCUT2D eigenvalue weighted by Crippen LogP contribution is 2.26. The second-order valence-electron chi connectivity index (χ2n) is 6.24. The van der Waals surface area contributed by atoms with Crippen molar-refractivity contribution in [1.82, 2.24) is 9.78 Å². The van der Waals surface area contributed by atoms with Crippen molar-refractivity contribution < 1.29 is 13.9 Å². The van der Waals surface area contributed by atoms with Crippen LogP contribution >= 0.6 is 0 Å². The van der Waals surface area contributed by atoms with Gasteiger partial charge in [0.2, 0.25) is 0 Å². The Kier molecular flexibility index (Phi) is 4.97. The molecule has 0 aliphatic heterocycles. The second kappa shape index (κ2) is 7.88. The molecule has 0 amide bonds. The summed E-state index contributed by atoms with van der Waals surface area (Å²) in [7, 11) is 0. The van der Waals surface area contributed by atoms with Crippen LogP contribution < -0.4 is 4.74 Å². The summed E-state index contributed by atoms with van der Waals surface area (Å²) in [5, 5.41) is 4.56. The molecule has 0 radical (unpaired) electrons. The van der Waals surface area contributed by atoms with Crippen molar-refractivity contribution in [3.05, 3.63) is 102 Å². The number of hydrogen-bond acceptors (Lipinski definition) is 3. The molecule has 0 unspecified atom stereocenters. The minimum atomic E-state index is -0.302. The molecular formula is C23H17FN2O2. The van der Waals surface area contributed by atoms with E-state index in [9.17, 15) is 9.18 Å². The van der Waals surface area contributed by atoms with Gasteiger partial charge in [0.05, 0.1) is 11.3 Å². The molecule has 1 aromatic heterocycles. The molecule has 0 saturated heterocycles. The van der Waals surface area contributed by atoms with E-state index in [0.717, 1.165) is 17.5 Å². The van der Waals surface area contributed by atoms with Crippen molar-refractivity contribution in [1.29, 1.82) is 0 Å². The van der Waals surface area contributed by atoms with Crippen molar-refractivity contribution in [2.24, 2.45) is 0 Å². The summed E-state index contributed by atoms with van der Waals surface area (Å²) < 4.78 is 21.2. The van der Waals surface area contributed by atoms with Crippen molar-refractivity contribution in [3.8, 4) is 22.7 Å². The fourth-order valence-corrected chi connectivity index (χ4v) is 2.92. The molecule has 3 aromatic carbocycles. The van der Waals surface area contributed by atoms with E-state index < -0.39 is 0 Å². The SMILES string of the molecule is O=Cc1cn(-c2ccccc2)nc1-c1cccc(OCc2ccccc2F)c1. The number of aldehydes is 1. The molecular weight excluding hydrogens is 355 g/mol. The van der Waals surface area contributed by atoms with E-state index in [0.29, 0.717) is 22.6 Å². The maximum absolute atomic E-state index is 13.8. The predicted octanol–water partition coefficient (Wildman–Crippen LogP) is 5.07. The summed E-state index contributed by atoms with van der Waals surface area (Å²) in [6, 6.07) is 23.3. The number of ether oxygens (including phenoxy) is 1. The van der Waals surface area contributed by atoms with Crippen LogP contribution in [0.5, 0.6) is 5.75 Å². The molecule has 0 N–H and O–H groups in total. The number of rotatable bonds is 6. The van der Waals surface area contributed by atoms with Gasteiger partial charge in [0.15, 0.2) is 6.29 Å². The van der Waals surface area contributed by atoms with E-state index in [2.05, 4.69) is 5.10 Å². The Bertz CT molecular complexity index is 1110. The van der Waals surface area contributed by atoms with Crippen LogP contribution in [0.2, 0.25) is 0 Å². The van der Waals surface area contributed by atoms with Crippen LogP contribution in [0.1, 0.15) is 15.9 Å². The first-order chi connectivity index (χ1) is 13.7. The number of aromatic nitrogens is 2. The minimum Gasteiger partial charge on any atom is -0.489 e. The first-order valence-electron chi connectivity index (χ1n) is 8.81. The molecule has 138 valence electrons. The molecule has 4 rings (SSSR count). The summed E-state index contributed by atoms with van der Waals surface area (Å²) in [6.45, 7) is 0.120. The first kappa shape index (κ1) is 17.7. The molecule has 4 aromatic rings. The van der Waals surface area contributed by atoms with E-state index in [4.69, 9.17) is 4.74 Å². The normalized spacial score (nSPS) is 10.6. The maximum atomic E-state index is 13.8. The van der Waals surface area contributed by atoms with E-state index in [-0.39, 0.29) is 12.4 Å². The summed E-state index contributed by atoms with van der Waals surface area (Å²) in [6.07, 6.45) is 2.49. The molecule has 0 saturated carbocycles. The van der Waals surface area contributed by atoms with E-state index in [1.807, 2.05) is 42.5 Å². The molecule has 1 heterocycles. The van der Waals surface area contributed by atoms with Crippen LogP contribution in [0.3, 0.4) is 0 Å². The van der Waals surface area contributed by atoms with Crippen molar-refractivity contribution >= 4 is 6.29 Å². The van der Waals surface area contributed by atoms with Crippen molar-refractivity contribution in [2.45, 2.75) is 6.61 Å². The molecule has 0 bridgehead atoms. The van der Waals surface area contributed by atoms with E-state index in [1.54, 1.807) is 41.2 Å². The third kappa shape index (κ3) is 3.69. The maximum Gasteiger partial charge on any atom is 0.153 e. The van der Waals surface area contributed by atoms with Gasteiger partial charge in [0.1, 0.15) is 23.9 Å². The average Bonchev–Trinajstić information content (AvgIpc) is 3.19. The van der Waals surface area contributed by atoms with Gasteiger partial charge in [-0.05, 0) is 30.3 Å². The predicted molar refractivity (Wildman–Crippen MR) is 105 cm³/mol. The van der Waals surface area contributed by atoms with Gasteiger partial charge in [-0.3, -0.25) is 4.79 Å². The van der Waals surface area contributed by atoms with Crippen LogP contribution in [-0.4, -0.2) is 16.1 Å². The van der Waals surface area contributed by atoms with Crippen LogP contribution in [0.4, 0.5) is 4.39 Å².